The molecule has 1 unspecified atom stereocenters. The van der Waals surface area contributed by atoms with Crippen LogP contribution in [-0.2, 0) is 4.74 Å². The van der Waals surface area contributed by atoms with Crippen molar-refractivity contribution in [3.63, 3.8) is 0 Å². The van der Waals surface area contributed by atoms with Crippen molar-refractivity contribution in [1.29, 1.82) is 0 Å². The summed E-state index contributed by atoms with van der Waals surface area (Å²) in [6, 6.07) is 0.776. The van der Waals surface area contributed by atoms with Crippen molar-refractivity contribution in [3.8, 4) is 0 Å². The molecule has 1 atom stereocenters. The monoisotopic (exact) mass is 240 g/mol. The van der Waals surface area contributed by atoms with Crippen molar-refractivity contribution in [2.24, 2.45) is 5.73 Å². The van der Waals surface area contributed by atoms with Gasteiger partial charge in [-0.25, -0.2) is 0 Å². The zero-order valence-corrected chi connectivity index (χ0v) is 11.5. The molecule has 2 fully saturated rings. The van der Waals surface area contributed by atoms with Crippen LogP contribution >= 0.6 is 0 Å². The summed E-state index contributed by atoms with van der Waals surface area (Å²) in [4.78, 5) is 2.74. The molecule has 17 heavy (non-hydrogen) atoms. The van der Waals surface area contributed by atoms with E-state index < -0.39 is 0 Å². The maximum Gasteiger partial charge on any atom is 0.0572 e. The summed E-state index contributed by atoms with van der Waals surface area (Å²) >= 11 is 0. The van der Waals surface area contributed by atoms with E-state index in [-0.39, 0.29) is 5.54 Å². The summed E-state index contributed by atoms with van der Waals surface area (Å²) in [6.07, 6.45) is 9.27. The molecule has 2 N–H and O–H groups in total. The number of nitrogens with zero attached hydrogens (tertiary/aromatic N) is 1. The predicted molar refractivity (Wildman–Crippen MR) is 71.1 cm³/mol. The Morgan fingerprint density at radius 1 is 1.29 bits per heavy atom. The van der Waals surface area contributed by atoms with Crippen LogP contribution in [0.5, 0.6) is 0 Å². The SMILES string of the molecule is CCC1CCCN1C1(CN)CCC(OC)CC1. The molecule has 100 valence electrons. The van der Waals surface area contributed by atoms with Crippen LogP contribution in [0.1, 0.15) is 51.9 Å². The molecule has 0 bridgehead atoms. The first-order valence-electron chi connectivity index (χ1n) is 7.25. The fourth-order valence-electron chi connectivity index (χ4n) is 3.86. The van der Waals surface area contributed by atoms with E-state index in [1.165, 1.54) is 51.5 Å². The van der Waals surface area contributed by atoms with E-state index in [1.54, 1.807) is 0 Å². The van der Waals surface area contributed by atoms with Gasteiger partial charge in [0.1, 0.15) is 0 Å². The summed E-state index contributed by atoms with van der Waals surface area (Å²) < 4.78 is 5.49. The second-order valence-electron chi connectivity index (χ2n) is 5.76. The molecule has 0 spiro atoms. The summed E-state index contributed by atoms with van der Waals surface area (Å²) in [5.74, 6) is 0. The Morgan fingerprint density at radius 2 is 2.00 bits per heavy atom. The highest BCUT2D eigenvalue weighted by atomic mass is 16.5. The van der Waals surface area contributed by atoms with Crippen molar-refractivity contribution in [2.75, 3.05) is 20.2 Å². The Morgan fingerprint density at radius 3 is 2.53 bits per heavy atom. The molecule has 0 radical (unpaired) electrons. The molecular weight excluding hydrogens is 212 g/mol. The molecule has 0 aromatic rings. The van der Waals surface area contributed by atoms with E-state index in [4.69, 9.17) is 10.5 Å². The first-order valence-corrected chi connectivity index (χ1v) is 7.25. The van der Waals surface area contributed by atoms with Gasteiger partial charge in [-0.05, 0) is 51.5 Å². The summed E-state index contributed by atoms with van der Waals surface area (Å²) in [5, 5.41) is 0. The van der Waals surface area contributed by atoms with Crippen LogP contribution in [-0.4, -0.2) is 42.8 Å². The van der Waals surface area contributed by atoms with Crippen molar-refractivity contribution in [1.82, 2.24) is 4.90 Å². The fraction of sp³-hybridized carbons (Fsp3) is 1.00. The minimum Gasteiger partial charge on any atom is -0.381 e. The van der Waals surface area contributed by atoms with Gasteiger partial charge in [-0.3, -0.25) is 4.90 Å². The van der Waals surface area contributed by atoms with Crippen molar-refractivity contribution >= 4 is 0 Å². The van der Waals surface area contributed by atoms with Gasteiger partial charge in [0.25, 0.3) is 0 Å². The highest BCUT2D eigenvalue weighted by Gasteiger charge is 2.43. The second-order valence-corrected chi connectivity index (χ2v) is 5.76. The van der Waals surface area contributed by atoms with Crippen molar-refractivity contribution < 1.29 is 4.74 Å². The first kappa shape index (κ1) is 13.3. The number of hydrogen-bond donors (Lipinski definition) is 1. The molecule has 1 saturated carbocycles. The average Bonchev–Trinajstić information content (AvgIpc) is 2.87. The summed E-state index contributed by atoms with van der Waals surface area (Å²) in [6.45, 7) is 4.39. The molecule has 3 heteroatoms. The lowest BCUT2D eigenvalue weighted by atomic mass is 9.78. The van der Waals surface area contributed by atoms with E-state index in [0.29, 0.717) is 6.10 Å². The minimum absolute atomic E-state index is 0.284. The van der Waals surface area contributed by atoms with E-state index in [2.05, 4.69) is 11.8 Å². The van der Waals surface area contributed by atoms with Gasteiger partial charge in [-0.1, -0.05) is 6.92 Å². The van der Waals surface area contributed by atoms with E-state index in [0.717, 1.165) is 12.6 Å². The van der Waals surface area contributed by atoms with Crippen LogP contribution in [0.15, 0.2) is 0 Å². The van der Waals surface area contributed by atoms with Crippen LogP contribution < -0.4 is 5.73 Å². The number of methoxy groups -OCH3 is 1. The lowest BCUT2D eigenvalue weighted by Crippen LogP contribution is -2.57. The van der Waals surface area contributed by atoms with Gasteiger partial charge in [0.05, 0.1) is 6.10 Å². The minimum atomic E-state index is 0.284. The van der Waals surface area contributed by atoms with Gasteiger partial charge in [-0.15, -0.1) is 0 Å². The normalized spacial score (nSPS) is 39.7. The van der Waals surface area contributed by atoms with Crippen molar-refractivity contribution in [3.05, 3.63) is 0 Å². The standard InChI is InChI=1S/C14H28N2O/c1-3-12-5-4-10-16(12)14(11-15)8-6-13(17-2)7-9-14/h12-13H,3-11,15H2,1-2H3. The predicted octanol–water partition coefficient (Wildman–Crippen LogP) is 2.15. The number of ether oxygens (including phenoxy) is 1. The first-order chi connectivity index (χ1) is 8.25. The molecule has 1 heterocycles. The Hall–Kier alpha value is -0.120. The fourth-order valence-corrected chi connectivity index (χ4v) is 3.86. The number of hydrogen-bond acceptors (Lipinski definition) is 3. The maximum atomic E-state index is 6.14. The van der Waals surface area contributed by atoms with Gasteiger partial charge >= 0.3 is 0 Å². The van der Waals surface area contributed by atoms with Gasteiger partial charge in [-0.2, -0.15) is 0 Å². The molecule has 1 aliphatic carbocycles. The van der Waals surface area contributed by atoms with E-state index >= 15 is 0 Å². The Balaban J connectivity index is 2.04. The van der Waals surface area contributed by atoms with Crippen LogP contribution in [0.25, 0.3) is 0 Å². The Bertz CT molecular complexity index is 236. The molecule has 0 aromatic carbocycles. The van der Waals surface area contributed by atoms with E-state index in [9.17, 15) is 0 Å². The quantitative estimate of drug-likeness (QED) is 0.818. The number of nitrogens with two attached hydrogens (primary N) is 1. The number of rotatable bonds is 4. The second kappa shape index (κ2) is 5.68. The van der Waals surface area contributed by atoms with Gasteiger partial charge in [0, 0.05) is 25.2 Å². The highest BCUT2D eigenvalue weighted by molar-refractivity contribution is 5.00. The van der Waals surface area contributed by atoms with E-state index in [1.807, 2.05) is 7.11 Å². The molecule has 2 rings (SSSR count). The Kier molecular flexibility index (Phi) is 4.45. The smallest absolute Gasteiger partial charge is 0.0572 e. The third kappa shape index (κ3) is 2.51. The topological polar surface area (TPSA) is 38.5 Å². The average molecular weight is 240 g/mol. The third-order valence-electron chi connectivity index (χ3n) is 5.03. The van der Waals surface area contributed by atoms with Gasteiger partial charge in [0.15, 0.2) is 0 Å². The largest absolute Gasteiger partial charge is 0.381 e. The zero-order chi connectivity index (χ0) is 12.3. The molecule has 0 aromatic heterocycles. The third-order valence-corrected chi connectivity index (χ3v) is 5.03. The molecule has 0 amide bonds. The van der Waals surface area contributed by atoms with Crippen LogP contribution in [0.4, 0.5) is 0 Å². The molecule has 2 aliphatic rings. The molecule has 1 saturated heterocycles. The lowest BCUT2D eigenvalue weighted by molar-refractivity contribution is -0.0130. The molecule has 1 aliphatic heterocycles. The van der Waals surface area contributed by atoms with Crippen molar-refractivity contribution in [2.45, 2.75) is 69.6 Å². The lowest BCUT2D eigenvalue weighted by Gasteiger charge is -2.48. The maximum absolute atomic E-state index is 6.14. The summed E-state index contributed by atoms with van der Waals surface area (Å²) in [7, 11) is 1.84. The molecule has 3 nitrogen and oxygen atoms in total. The van der Waals surface area contributed by atoms with Gasteiger partial charge in [0.2, 0.25) is 0 Å². The Labute approximate surface area is 106 Å². The zero-order valence-electron chi connectivity index (χ0n) is 11.5. The molecular formula is C14H28N2O. The van der Waals surface area contributed by atoms with Crippen LogP contribution in [0, 0.1) is 0 Å². The van der Waals surface area contributed by atoms with Gasteiger partial charge < -0.3 is 10.5 Å². The van der Waals surface area contributed by atoms with Crippen LogP contribution in [0.3, 0.4) is 0 Å². The van der Waals surface area contributed by atoms with Crippen LogP contribution in [0.2, 0.25) is 0 Å². The summed E-state index contributed by atoms with van der Waals surface area (Å²) in [5.41, 5.74) is 6.42. The number of likely N-dealkylation sites (tertiary alicyclic amines) is 1. The highest BCUT2D eigenvalue weighted by Crippen LogP contribution is 2.39.